The number of nitrogens with two attached hydrogens (primary N) is 1. The Morgan fingerprint density at radius 3 is 2.90 bits per heavy atom. The van der Waals surface area contributed by atoms with E-state index >= 15 is 0 Å². The second kappa shape index (κ2) is 5.11. The summed E-state index contributed by atoms with van der Waals surface area (Å²) in [4.78, 5) is 8.50. The molecule has 0 saturated carbocycles. The number of hydrogen-bond donors (Lipinski definition) is 2. The molecule has 2 heterocycles. The second-order valence-electron chi connectivity index (χ2n) is 5.03. The van der Waals surface area contributed by atoms with Crippen molar-refractivity contribution in [2.45, 2.75) is 19.4 Å². The lowest BCUT2D eigenvalue weighted by Gasteiger charge is -2.29. The topological polar surface area (TPSA) is 63.8 Å². The Labute approximate surface area is 130 Å². The van der Waals surface area contributed by atoms with Crippen LogP contribution in [0.25, 0.3) is 5.70 Å². The summed E-state index contributed by atoms with van der Waals surface area (Å²) in [7, 11) is 0. The van der Waals surface area contributed by atoms with Crippen molar-refractivity contribution in [2.75, 3.05) is 5.73 Å². The molecule has 1 aliphatic rings. The maximum absolute atomic E-state index is 13.2. The fourth-order valence-electron chi connectivity index (χ4n) is 2.69. The average molecular weight is 349 g/mol. The number of rotatable bonds is 1. The summed E-state index contributed by atoms with van der Waals surface area (Å²) in [5, 5.41) is 3.34. The summed E-state index contributed by atoms with van der Waals surface area (Å²) < 4.78 is 13.9. The summed E-state index contributed by atoms with van der Waals surface area (Å²) in [6.07, 6.45) is 0.645. The maximum atomic E-state index is 13.2. The molecule has 1 atom stereocenters. The van der Waals surface area contributed by atoms with Crippen LogP contribution < -0.4 is 11.1 Å². The Bertz CT molecular complexity index is 745. The van der Waals surface area contributed by atoms with Crippen LogP contribution in [0.5, 0.6) is 0 Å². The molecule has 3 N–H and O–H groups in total. The molecule has 0 aliphatic carbocycles. The lowest BCUT2D eigenvalue weighted by atomic mass is 9.93. The first kappa shape index (κ1) is 14.0. The van der Waals surface area contributed by atoms with Gasteiger partial charge in [-0.3, -0.25) is 0 Å². The van der Waals surface area contributed by atoms with Gasteiger partial charge in [-0.2, -0.15) is 0 Å². The van der Waals surface area contributed by atoms with E-state index in [1.165, 1.54) is 12.1 Å². The number of nitrogen functional groups attached to an aromatic ring is 1. The number of nitrogens with zero attached hydrogens (tertiary/aromatic N) is 2. The SMILES string of the molecule is C=C1N[C@@H](c2ccc(F)cc2Br)Cc2nc(N)nc(C)c21. The third kappa shape index (κ3) is 2.51. The highest BCUT2D eigenvalue weighted by Crippen LogP contribution is 2.34. The summed E-state index contributed by atoms with van der Waals surface area (Å²) in [5.41, 5.74) is 10.0. The quantitative estimate of drug-likeness (QED) is 0.830. The highest BCUT2D eigenvalue weighted by molar-refractivity contribution is 9.10. The minimum Gasteiger partial charge on any atom is -0.378 e. The van der Waals surface area contributed by atoms with Crippen LogP contribution >= 0.6 is 15.9 Å². The summed E-state index contributed by atoms with van der Waals surface area (Å²) in [5.74, 6) is -0.0130. The first-order valence-corrected chi connectivity index (χ1v) is 7.28. The maximum Gasteiger partial charge on any atom is 0.220 e. The summed E-state index contributed by atoms with van der Waals surface area (Å²) >= 11 is 3.40. The van der Waals surface area contributed by atoms with E-state index in [1.54, 1.807) is 6.07 Å². The van der Waals surface area contributed by atoms with Crippen LogP contribution in [0.15, 0.2) is 29.3 Å². The Morgan fingerprint density at radius 1 is 1.43 bits per heavy atom. The summed E-state index contributed by atoms with van der Waals surface area (Å²) in [6, 6.07) is 4.62. The molecule has 6 heteroatoms. The zero-order valence-corrected chi connectivity index (χ0v) is 13.0. The van der Waals surface area contributed by atoms with E-state index < -0.39 is 0 Å². The highest BCUT2D eigenvalue weighted by Gasteiger charge is 2.26. The van der Waals surface area contributed by atoms with Crippen molar-refractivity contribution >= 4 is 27.6 Å². The molecule has 0 bridgehead atoms. The van der Waals surface area contributed by atoms with Gasteiger partial charge >= 0.3 is 0 Å². The largest absolute Gasteiger partial charge is 0.378 e. The number of aromatic nitrogens is 2. The van der Waals surface area contributed by atoms with Crippen molar-refractivity contribution < 1.29 is 4.39 Å². The molecule has 0 amide bonds. The summed E-state index contributed by atoms with van der Waals surface area (Å²) in [6.45, 7) is 5.93. The van der Waals surface area contributed by atoms with Crippen LogP contribution in [0.4, 0.5) is 10.3 Å². The van der Waals surface area contributed by atoms with Crippen molar-refractivity contribution in [3.05, 3.63) is 57.6 Å². The molecule has 0 radical (unpaired) electrons. The molecule has 1 aromatic carbocycles. The van der Waals surface area contributed by atoms with Crippen molar-refractivity contribution in [1.82, 2.24) is 15.3 Å². The van der Waals surface area contributed by atoms with E-state index in [2.05, 4.69) is 37.8 Å². The number of benzene rings is 1. The first-order valence-electron chi connectivity index (χ1n) is 6.49. The van der Waals surface area contributed by atoms with Gasteiger partial charge in [-0.25, -0.2) is 14.4 Å². The molecule has 21 heavy (non-hydrogen) atoms. The normalized spacial score (nSPS) is 17.3. The average Bonchev–Trinajstić information content (AvgIpc) is 2.36. The zero-order chi connectivity index (χ0) is 15.1. The third-order valence-electron chi connectivity index (χ3n) is 3.57. The first-order chi connectivity index (χ1) is 9.95. The molecule has 1 aliphatic heterocycles. The van der Waals surface area contributed by atoms with E-state index in [0.29, 0.717) is 6.42 Å². The number of fused-ring (bicyclic) bond motifs is 1. The molecule has 2 aromatic rings. The van der Waals surface area contributed by atoms with Crippen molar-refractivity contribution in [2.24, 2.45) is 0 Å². The lowest BCUT2D eigenvalue weighted by molar-refractivity contribution is 0.588. The van der Waals surface area contributed by atoms with E-state index in [9.17, 15) is 4.39 Å². The number of halogens is 2. The van der Waals surface area contributed by atoms with Crippen LogP contribution in [0, 0.1) is 12.7 Å². The number of hydrogen-bond acceptors (Lipinski definition) is 4. The van der Waals surface area contributed by atoms with Crippen molar-refractivity contribution in [1.29, 1.82) is 0 Å². The third-order valence-corrected chi connectivity index (χ3v) is 4.25. The molecule has 0 saturated heterocycles. The fourth-order valence-corrected chi connectivity index (χ4v) is 3.32. The number of aryl methyl sites for hydroxylation is 1. The highest BCUT2D eigenvalue weighted by atomic mass is 79.9. The lowest BCUT2D eigenvalue weighted by Crippen LogP contribution is -2.29. The molecular formula is C15H14BrFN4. The van der Waals surface area contributed by atoms with Gasteiger partial charge in [0.05, 0.1) is 17.4 Å². The van der Waals surface area contributed by atoms with Crippen LogP contribution in [-0.4, -0.2) is 9.97 Å². The van der Waals surface area contributed by atoms with E-state index in [1.807, 2.05) is 6.92 Å². The molecule has 0 spiro atoms. The molecule has 0 fully saturated rings. The Hall–Kier alpha value is -1.95. The molecule has 108 valence electrons. The molecule has 4 nitrogen and oxygen atoms in total. The molecular weight excluding hydrogens is 335 g/mol. The van der Waals surface area contributed by atoms with Gasteiger partial charge in [0.25, 0.3) is 0 Å². The Morgan fingerprint density at radius 2 is 2.19 bits per heavy atom. The van der Waals surface area contributed by atoms with E-state index in [4.69, 9.17) is 5.73 Å². The van der Waals surface area contributed by atoms with Gasteiger partial charge in [0, 0.05) is 22.2 Å². The van der Waals surface area contributed by atoms with Crippen LogP contribution in [0.3, 0.4) is 0 Å². The Kier molecular flexibility index (Phi) is 3.41. The van der Waals surface area contributed by atoms with Crippen LogP contribution in [0.2, 0.25) is 0 Å². The van der Waals surface area contributed by atoms with Gasteiger partial charge in [-0.05, 0) is 24.6 Å². The smallest absolute Gasteiger partial charge is 0.220 e. The van der Waals surface area contributed by atoms with Crippen molar-refractivity contribution in [3.63, 3.8) is 0 Å². The second-order valence-corrected chi connectivity index (χ2v) is 5.89. The van der Waals surface area contributed by atoms with Crippen molar-refractivity contribution in [3.8, 4) is 0 Å². The predicted octanol–water partition coefficient (Wildman–Crippen LogP) is 3.13. The molecule has 3 rings (SSSR count). The van der Waals surface area contributed by atoms with Crippen LogP contribution in [-0.2, 0) is 6.42 Å². The van der Waals surface area contributed by atoms with Crippen LogP contribution in [0.1, 0.15) is 28.6 Å². The van der Waals surface area contributed by atoms with Gasteiger partial charge in [-0.15, -0.1) is 0 Å². The van der Waals surface area contributed by atoms with E-state index in [-0.39, 0.29) is 17.8 Å². The minimum atomic E-state index is -0.275. The molecule has 1 aromatic heterocycles. The number of nitrogens with one attached hydrogen (secondary N) is 1. The van der Waals surface area contributed by atoms with Gasteiger partial charge < -0.3 is 11.1 Å². The van der Waals surface area contributed by atoms with Gasteiger partial charge in [-0.1, -0.05) is 28.6 Å². The van der Waals surface area contributed by atoms with Gasteiger partial charge in [0.15, 0.2) is 0 Å². The number of anilines is 1. The predicted molar refractivity (Wildman–Crippen MR) is 83.9 cm³/mol. The van der Waals surface area contributed by atoms with E-state index in [0.717, 1.165) is 32.7 Å². The zero-order valence-electron chi connectivity index (χ0n) is 11.5. The monoisotopic (exact) mass is 348 g/mol. The minimum absolute atomic E-state index is 0.0336. The Balaban J connectivity index is 2.04. The molecule has 0 unspecified atom stereocenters. The fraction of sp³-hybridized carbons (Fsp3) is 0.200. The van der Waals surface area contributed by atoms with Gasteiger partial charge in [0.1, 0.15) is 5.82 Å². The van der Waals surface area contributed by atoms with Gasteiger partial charge in [0.2, 0.25) is 5.95 Å². The standard InChI is InChI=1S/C15H14BrFN4/c1-7-14-8(2)20-15(18)21-13(14)6-12(19-7)10-4-3-9(17)5-11(10)16/h3-5,12,19H,1,6H2,2H3,(H2,18,20,21)/t12-/m1/s1.